The largest absolute Gasteiger partial charge is 0.495 e. The number of nitrogens with zero attached hydrogens (tertiary/aromatic N) is 1. The number of aryl methyl sites for hydroxylation is 2. The number of fused-ring (bicyclic) bond motifs is 4. The lowest BCUT2D eigenvalue weighted by molar-refractivity contribution is 0.0837. The number of benzene rings is 2. The van der Waals surface area contributed by atoms with Crippen molar-refractivity contribution in [3.8, 4) is 11.5 Å². The van der Waals surface area contributed by atoms with Crippen molar-refractivity contribution in [2.45, 2.75) is 32.3 Å². The van der Waals surface area contributed by atoms with Gasteiger partial charge in [-0.1, -0.05) is 12.1 Å². The third-order valence-electron chi connectivity index (χ3n) is 5.05. The van der Waals surface area contributed by atoms with E-state index in [1.165, 1.54) is 0 Å². The van der Waals surface area contributed by atoms with Crippen LogP contribution in [-0.4, -0.2) is 17.3 Å². The van der Waals surface area contributed by atoms with E-state index < -0.39 is 0 Å². The fourth-order valence-electron chi connectivity index (χ4n) is 3.79. The van der Waals surface area contributed by atoms with Crippen LogP contribution in [0.25, 0.3) is 21.8 Å². The Bertz CT molecular complexity index is 1080. The van der Waals surface area contributed by atoms with E-state index in [1.54, 1.807) is 7.11 Å². The van der Waals surface area contributed by atoms with Crippen molar-refractivity contribution in [3.63, 3.8) is 0 Å². The highest BCUT2D eigenvalue weighted by Gasteiger charge is 2.33. The van der Waals surface area contributed by atoms with E-state index in [0.717, 1.165) is 39.7 Å². The highest BCUT2D eigenvalue weighted by atomic mass is 79.9. The minimum Gasteiger partial charge on any atom is -0.495 e. The predicted octanol–water partition coefficient (Wildman–Crippen LogP) is 4.57. The summed E-state index contributed by atoms with van der Waals surface area (Å²) in [6.07, 6.45) is 1.75. The number of pyridine rings is 1. The molecule has 25 heavy (non-hydrogen) atoms. The molecule has 0 amide bonds. The van der Waals surface area contributed by atoms with Crippen molar-refractivity contribution in [2.24, 2.45) is 7.05 Å². The minimum atomic E-state index is -0.246. The second-order valence-corrected chi connectivity index (χ2v) is 7.94. The number of rotatable bonds is 1. The van der Waals surface area contributed by atoms with Crippen molar-refractivity contribution in [1.82, 2.24) is 4.57 Å². The Hall–Kier alpha value is -2.01. The molecule has 0 unspecified atom stereocenters. The number of hydrogen-bond acceptors (Lipinski definition) is 3. The molecule has 0 atom stereocenters. The van der Waals surface area contributed by atoms with Gasteiger partial charge in [0.2, 0.25) is 5.43 Å². The Morgan fingerprint density at radius 1 is 1.28 bits per heavy atom. The molecule has 2 aromatic carbocycles. The summed E-state index contributed by atoms with van der Waals surface area (Å²) in [5.74, 6) is 1.32. The van der Waals surface area contributed by atoms with Gasteiger partial charge in [0.15, 0.2) is 0 Å². The second-order valence-electron chi connectivity index (χ2n) is 7.15. The van der Waals surface area contributed by atoms with Gasteiger partial charge in [0.05, 0.1) is 23.5 Å². The van der Waals surface area contributed by atoms with E-state index >= 15 is 0 Å². The standard InChI is InChI=1S/C20H20BrNO3/c1-20(2)10-9-12-16-14(19(24-4)15(21)18(12)25-20)17(23)11-7-5-6-8-13(11)22(16)3/h5-8H,9-10H2,1-4H3. The summed E-state index contributed by atoms with van der Waals surface area (Å²) < 4.78 is 14.7. The quantitative estimate of drug-likeness (QED) is 0.560. The molecule has 5 heteroatoms. The first-order valence-corrected chi connectivity index (χ1v) is 9.14. The number of aromatic nitrogens is 1. The molecule has 1 aliphatic heterocycles. The molecule has 1 aromatic heterocycles. The van der Waals surface area contributed by atoms with E-state index in [4.69, 9.17) is 9.47 Å². The van der Waals surface area contributed by atoms with Gasteiger partial charge < -0.3 is 14.0 Å². The molecule has 130 valence electrons. The van der Waals surface area contributed by atoms with Crippen LogP contribution in [0.1, 0.15) is 25.8 Å². The van der Waals surface area contributed by atoms with E-state index in [9.17, 15) is 4.79 Å². The van der Waals surface area contributed by atoms with Gasteiger partial charge in [0.25, 0.3) is 0 Å². The molecule has 0 saturated heterocycles. The molecule has 4 nitrogen and oxygen atoms in total. The van der Waals surface area contributed by atoms with Gasteiger partial charge in [-0.3, -0.25) is 4.79 Å². The third kappa shape index (κ3) is 2.29. The van der Waals surface area contributed by atoms with E-state index in [2.05, 4.69) is 34.3 Å². The van der Waals surface area contributed by atoms with Crippen LogP contribution in [0.5, 0.6) is 11.5 Å². The molecule has 0 bridgehead atoms. The fraction of sp³-hybridized carbons (Fsp3) is 0.350. The first-order valence-electron chi connectivity index (χ1n) is 8.34. The maximum Gasteiger partial charge on any atom is 0.201 e. The van der Waals surface area contributed by atoms with Crippen molar-refractivity contribution in [3.05, 3.63) is 44.5 Å². The number of halogens is 1. The topological polar surface area (TPSA) is 40.5 Å². The summed E-state index contributed by atoms with van der Waals surface area (Å²) in [6.45, 7) is 4.16. The molecule has 0 radical (unpaired) electrons. The van der Waals surface area contributed by atoms with Crippen LogP contribution in [0.2, 0.25) is 0 Å². The monoisotopic (exact) mass is 401 g/mol. The van der Waals surface area contributed by atoms with Gasteiger partial charge in [-0.15, -0.1) is 0 Å². The summed E-state index contributed by atoms with van der Waals surface area (Å²) in [7, 11) is 3.59. The average Bonchev–Trinajstić information content (AvgIpc) is 2.59. The normalized spacial score (nSPS) is 15.9. The molecule has 0 saturated carbocycles. The highest BCUT2D eigenvalue weighted by Crippen LogP contribution is 2.48. The fourth-order valence-corrected chi connectivity index (χ4v) is 4.47. The SMILES string of the molecule is COc1c(Br)c2c(c3c1c(=O)c1ccccc1n3C)CCC(C)(C)O2. The number of para-hydroxylation sites is 1. The second kappa shape index (κ2) is 5.49. The number of methoxy groups -OCH3 is 1. The summed E-state index contributed by atoms with van der Waals surface area (Å²) in [4.78, 5) is 13.2. The minimum absolute atomic E-state index is 0.00566. The van der Waals surface area contributed by atoms with Crippen molar-refractivity contribution in [2.75, 3.05) is 7.11 Å². The van der Waals surface area contributed by atoms with E-state index in [0.29, 0.717) is 16.5 Å². The van der Waals surface area contributed by atoms with Crippen LogP contribution in [0, 0.1) is 0 Å². The molecule has 3 aromatic rings. The van der Waals surface area contributed by atoms with E-state index in [1.807, 2.05) is 31.3 Å². The smallest absolute Gasteiger partial charge is 0.201 e. The molecule has 0 spiro atoms. The Labute approximate surface area is 154 Å². The van der Waals surface area contributed by atoms with Crippen LogP contribution in [0.3, 0.4) is 0 Å². The highest BCUT2D eigenvalue weighted by molar-refractivity contribution is 9.10. The van der Waals surface area contributed by atoms with Gasteiger partial charge in [-0.05, 0) is 54.8 Å². The zero-order chi connectivity index (χ0) is 17.9. The lowest BCUT2D eigenvalue weighted by Gasteiger charge is -2.34. The molecule has 0 aliphatic carbocycles. The van der Waals surface area contributed by atoms with Gasteiger partial charge in [-0.2, -0.15) is 0 Å². The Morgan fingerprint density at radius 3 is 2.72 bits per heavy atom. The van der Waals surface area contributed by atoms with Crippen LogP contribution < -0.4 is 14.9 Å². The average molecular weight is 402 g/mol. The lowest BCUT2D eigenvalue weighted by atomic mass is 9.91. The molecular formula is C20H20BrNO3. The molecule has 2 heterocycles. The van der Waals surface area contributed by atoms with Crippen molar-refractivity contribution >= 4 is 37.7 Å². The zero-order valence-electron chi connectivity index (χ0n) is 14.8. The molecule has 1 aliphatic rings. The number of ether oxygens (including phenoxy) is 2. The predicted molar refractivity (Wildman–Crippen MR) is 104 cm³/mol. The van der Waals surface area contributed by atoms with Crippen LogP contribution in [-0.2, 0) is 13.5 Å². The van der Waals surface area contributed by atoms with E-state index in [-0.39, 0.29) is 11.0 Å². The van der Waals surface area contributed by atoms with Gasteiger partial charge in [0, 0.05) is 18.0 Å². The first-order chi connectivity index (χ1) is 11.9. The Kier molecular flexibility index (Phi) is 3.62. The maximum atomic E-state index is 13.2. The van der Waals surface area contributed by atoms with Crippen molar-refractivity contribution in [1.29, 1.82) is 0 Å². The van der Waals surface area contributed by atoms with Crippen LogP contribution >= 0.6 is 15.9 Å². The van der Waals surface area contributed by atoms with Crippen molar-refractivity contribution < 1.29 is 9.47 Å². The number of hydrogen-bond donors (Lipinski definition) is 0. The summed E-state index contributed by atoms with van der Waals surface area (Å²) >= 11 is 3.62. The molecule has 0 fully saturated rings. The van der Waals surface area contributed by atoms with Gasteiger partial charge in [0.1, 0.15) is 21.6 Å². The molecule has 0 N–H and O–H groups in total. The maximum absolute atomic E-state index is 13.2. The van der Waals surface area contributed by atoms with Gasteiger partial charge in [-0.25, -0.2) is 0 Å². The lowest BCUT2D eigenvalue weighted by Crippen LogP contribution is -2.33. The Morgan fingerprint density at radius 2 is 2.00 bits per heavy atom. The molecule has 4 rings (SSSR count). The van der Waals surface area contributed by atoms with Gasteiger partial charge >= 0.3 is 0 Å². The third-order valence-corrected chi connectivity index (χ3v) is 5.77. The zero-order valence-corrected chi connectivity index (χ0v) is 16.4. The Balaban J connectivity index is 2.27. The first kappa shape index (κ1) is 16.5. The van der Waals surface area contributed by atoms with Crippen LogP contribution in [0.15, 0.2) is 33.5 Å². The summed E-state index contributed by atoms with van der Waals surface area (Å²) in [5.41, 5.74) is 2.62. The molecular weight excluding hydrogens is 382 g/mol. The summed E-state index contributed by atoms with van der Waals surface area (Å²) in [6, 6.07) is 7.69. The summed E-state index contributed by atoms with van der Waals surface area (Å²) in [5, 5.41) is 1.30. The van der Waals surface area contributed by atoms with Crippen LogP contribution in [0.4, 0.5) is 0 Å².